The molecule has 7 atom stereocenters. The Hall–Kier alpha value is -1.65. The van der Waals surface area contributed by atoms with E-state index in [0.29, 0.717) is 0 Å². The molecule has 0 saturated carbocycles. The van der Waals surface area contributed by atoms with Gasteiger partial charge in [0, 0.05) is 4.57 Å². The van der Waals surface area contributed by atoms with Crippen LogP contribution in [0, 0.1) is 0 Å². The molecule has 8 N–H and O–H groups in total. The Kier molecular flexibility index (Phi) is 6.98. The summed E-state index contributed by atoms with van der Waals surface area (Å²) in [6.45, 7) is -0.935. The number of nitrogens with two attached hydrogens (primary N) is 1. The number of imidazole rings is 1. The number of hydrogen-bond donors (Lipinski definition) is 7. The number of fused-ring (bicyclic) bond motifs is 1. The monoisotopic (exact) mass is 521 g/mol. The molecule has 0 aromatic carbocycles. The van der Waals surface area contributed by atoms with Gasteiger partial charge in [-0.1, -0.05) is 4.98 Å². The van der Waals surface area contributed by atoms with Crippen molar-refractivity contribution in [3.05, 3.63) is 16.7 Å². The predicted octanol–water partition coefficient (Wildman–Crippen LogP) is -2.35. The summed E-state index contributed by atoms with van der Waals surface area (Å²) < 4.78 is 53.5. The fourth-order valence-electron chi connectivity index (χ4n) is 2.98. The highest BCUT2D eigenvalue weighted by Gasteiger charge is 2.49. The number of H-pyrrole nitrogens is 1. The van der Waals surface area contributed by atoms with Gasteiger partial charge in [0.15, 0.2) is 6.33 Å². The van der Waals surface area contributed by atoms with Crippen LogP contribution < -0.4 is 15.9 Å². The van der Waals surface area contributed by atoms with Crippen molar-refractivity contribution in [2.45, 2.75) is 24.5 Å². The van der Waals surface area contributed by atoms with Gasteiger partial charge in [-0.25, -0.2) is 13.7 Å². The summed E-state index contributed by atoms with van der Waals surface area (Å²) in [6.07, 6.45) is -4.81. The molecular formula is C11H18N5O13P3+2. The Bertz CT molecular complexity index is 1200. The normalized spacial score (nSPS) is 27.9. The van der Waals surface area contributed by atoms with Crippen molar-refractivity contribution < 1.29 is 61.0 Å². The molecular weight excluding hydrogens is 503 g/mol. The third-order valence-electron chi connectivity index (χ3n) is 4.18. The Morgan fingerprint density at radius 1 is 1.34 bits per heavy atom. The van der Waals surface area contributed by atoms with Crippen molar-refractivity contribution in [2.24, 2.45) is 7.05 Å². The number of aliphatic hydroxyl groups is 2. The summed E-state index contributed by atoms with van der Waals surface area (Å²) in [5.74, 6) is -0.228. The summed E-state index contributed by atoms with van der Waals surface area (Å²) >= 11 is 0. The van der Waals surface area contributed by atoms with E-state index in [-0.39, 0.29) is 17.1 Å². The summed E-state index contributed by atoms with van der Waals surface area (Å²) in [5, 5.41) is 20.6. The molecule has 3 heterocycles. The van der Waals surface area contributed by atoms with E-state index >= 15 is 0 Å². The summed E-state index contributed by atoms with van der Waals surface area (Å²) in [6, 6.07) is 0. The number of nitrogens with zero attached hydrogens (tertiary/aromatic N) is 3. The molecule has 3 unspecified atom stereocenters. The first-order valence-corrected chi connectivity index (χ1v) is 12.5. The molecule has 1 fully saturated rings. The average molecular weight is 521 g/mol. The lowest BCUT2D eigenvalue weighted by molar-refractivity contribution is -0.745. The molecule has 2 aromatic heterocycles. The van der Waals surface area contributed by atoms with E-state index in [2.05, 4.69) is 23.1 Å². The number of nitrogen functional groups attached to an aromatic ring is 1. The first kappa shape index (κ1) is 25.0. The summed E-state index contributed by atoms with van der Waals surface area (Å²) in [4.78, 5) is 45.5. The predicted molar refractivity (Wildman–Crippen MR) is 99.5 cm³/mol. The van der Waals surface area contributed by atoms with Crippen LogP contribution in [0.5, 0.6) is 0 Å². The first-order chi connectivity index (χ1) is 14.7. The van der Waals surface area contributed by atoms with E-state index in [1.807, 2.05) is 0 Å². The van der Waals surface area contributed by atoms with Gasteiger partial charge < -0.3 is 25.6 Å². The SMILES string of the molecule is Cn1c[n+]([C@@H]2O[C@H](COP(=O)(O)OP(=O)(O)O[P+](=O)O)[C@@H](O)[C@H]2O)c2nc(N)[nH]c(=O)c21. The maximum Gasteiger partial charge on any atom is 0.705 e. The zero-order chi connectivity index (χ0) is 24.0. The van der Waals surface area contributed by atoms with Gasteiger partial charge in [-0.15, -0.1) is 4.89 Å². The third-order valence-corrected chi connectivity index (χ3v) is 7.69. The lowest BCUT2D eigenvalue weighted by atomic mass is 10.1. The van der Waals surface area contributed by atoms with E-state index in [1.54, 1.807) is 0 Å². The fourth-order valence-corrected chi connectivity index (χ4v) is 5.64. The number of hydrogen-bond acceptors (Lipinski definition) is 12. The fraction of sp³-hybridized carbons (Fsp3) is 0.545. The Balaban J connectivity index is 1.77. The minimum absolute atomic E-state index is 0.000727. The highest BCUT2D eigenvalue weighted by atomic mass is 31.3. The number of phosphoric acid groups is 2. The highest BCUT2D eigenvalue weighted by molar-refractivity contribution is 7.64. The number of aryl methyl sites for hydroxylation is 1. The maximum absolute atomic E-state index is 12.1. The zero-order valence-electron chi connectivity index (χ0n) is 15.9. The van der Waals surface area contributed by atoms with Crippen LogP contribution in [0.4, 0.5) is 5.95 Å². The number of aliphatic hydroxyl groups excluding tert-OH is 2. The van der Waals surface area contributed by atoms with Crippen molar-refractivity contribution in [3.8, 4) is 0 Å². The number of rotatable bonds is 8. The number of ether oxygens (including phenoxy) is 1. The number of phosphoric ester groups is 1. The Morgan fingerprint density at radius 3 is 2.62 bits per heavy atom. The van der Waals surface area contributed by atoms with E-state index in [0.717, 1.165) is 0 Å². The minimum atomic E-state index is -5.44. The molecule has 0 bridgehead atoms. The van der Waals surface area contributed by atoms with Crippen LogP contribution in [0.25, 0.3) is 11.2 Å². The van der Waals surface area contributed by atoms with Gasteiger partial charge in [0.05, 0.1) is 13.7 Å². The number of aromatic nitrogens is 4. The maximum atomic E-state index is 12.1. The lowest BCUT2D eigenvalue weighted by Gasteiger charge is -2.17. The van der Waals surface area contributed by atoms with Gasteiger partial charge >= 0.3 is 29.5 Å². The number of nitrogens with one attached hydrogen (secondary N) is 1. The molecule has 0 amide bonds. The summed E-state index contributed by atoms with van der Waals surface area (Å²) in [5.41, 5.74) is 5.03. The van der Waals surface area contributed by atoms with E-state index in [9.17, 15) is 33.6 Å². The van der Waals surface area contributed by atoms with Gasteiger partial charge in [0.1, 0.15) is 18.3 Å². The van der Waals surface area contributed by atoms with Crippen LogP contribution in [-0.4, -0.2) is 64.3 Å². The third kappa shape index (κ3) is 5.28. The standard InChI is InChI=1S/C11H16N5O13P3/c1-15-3-16(8-5(15)9(19)14-11(12)13-8)10-7(18)6(17)4(27-10)2-26-31(22,23)29-32(24,25)28-30(20)21/h3-4,6-7,10,17-18H,2H2,1H3,(H4-2,12,13,14,19,20,21,22,23,24,25)/p+2/t4-,6-,7-,10-/m1/s1. The molecule has 21 heteroatoms. The van der Waals surface area contributed by atoms with Gasteiger partial charge in [-0.3, -0.25) is 23.8 Å². The van der Waals surface area contributed by atoms with Crippen molar-refractivity contribution in [1.29, 1.82) is 0 Å². The molecule has 0 spiro atoms. The molecule has 18 nitrogen and oxygen atoms in total. The van der Waals surface area contributed by atoms with Gasteiger partial charge in [-0.05, 0) is 4.31 Å². The molecule has 1 saturated heterocycles. The first-order valence-electron chi connectivity index (χ1n) is 8.35. The molecule has 3 rings (SSSR count). The van der Waals surface area contributed by atoms with Crippen LogP contribution in [0.2, 0.25) is 0 Å². The van der Waals surface area contributed by atoms with Crippen molar-refractivity contribution in [2.75, 3.05) is 12.3 Å². The lowest BCUT2D eigenvalue weighted by Crippen LogP contribution is -2.46. The molecule has 32 heavy (non-hydrogen) atoms. The second-order valence-corrected chi connectivity index (χ2v) is 10.4. The van der Waals surface area contributed by atoms with Crippen molar-refractivity contribution in [3.63, 3.8) is 0 Å². The quantitative estimate of drug-likeness (QED) is 0.142. The molecule has 1 aliphatic rings. The second-order valence-electron chi connectivity index (χ2n) is 6.44. The topological polar surface area (TPSA) is 270 Å². The van der Waals surface area contributed by atoms with Crippen molar-refractivity contribution in [1.82, 2.24) is 14.5 Å². The van der Waals surface area contributed by atoms with E-state index in [1.165, 1.54) is 22.5 Å². The highest BCUT2D eigenvalue weighted by Crippen LogP contribution is 2.63. The average Bonchev–Trinajstić information content (AvgIpc) is 3.08. The van der Waals surface area contributed by atoms with Crippen LogP contribution in [0.15, 0.2) is 11.1 Å². The van der Waals surface area contributed by atoms with Gasteiger partial charge in [-0.2, -0.15) is 4.31 Å². The molecule has 1 aliphatic heterocycles. The zero-order valence-corrected chi connectivity index (χ0v) is 18.5. The molecule has 0 aliphatic carbocycles. The smallest absolute Gasteiger partial charge is 0.387 e. The summed E-state index contributed by atoms with van der Waals surface area (Å²) in [7, 11) is -12.9. The molecule has 178 valence electrons. The second kappa shape index (κ2) is 8.95. The van der Waals surface area contributed by atoms with E-state index < -0.39 is 60.6 Å². The van der Waals surface area contributed by atoms with Gasteiger partial charge in [0.2, 0.25) is 11.7 Å². The number of aromatic amines is 1. The minimum Gasteiger partial charge on any atom is -0.387 e. The van der Waals surface area contributed by atoms with Crippen LogP contribution >= 0.6 is 23.9 Å². The van der Waals surface area contributed by atoms with E-state index in [4.69, 9.17) is 20.3 Å². The van der Waals surface area contributed by atoms with Crippen LogP contribution in [0.1, 0.15) is 6.23 Å². The Labute approximate surface area is 177 Å². The Morgan fingerprint density at radius 2 is 2.00 bits per heavy atom. The largest absolute Gasteiger partial charge is 0.705 e. The van der Waals surface area contributed by atoms with Crippen molar-refractivity contribution >= 4 is 41.0 Å². The molecule has 0 radical (unpaired) electrons. The van der Waals surface area contributed by atoms with Crippen LogP contribution in [0.3, 0.4) is 0 Å². The molecule has 2 aromatic rings. The van der Waals surface area contributed by atoms with Crippen LogP contribution in [-0.2, 0) is 38.6 Å². The van der Waals surface area contributed by atoms with Gasteiger partial charge in [0.25, 0.3) is 11.5 Å². The number of anilines is 1.